The second-order valence-electron chi connectivity index (χ2n) is 7.93. The summed E-state index contributed by atoms with van der Waals surface area (Å²) in [6.07, 6.45) is 3.04. The van der Waals surface area contributed by atoms with E-state index in [1.54, 1.807) is 42.5 Å². The molecule has 2 aromatic heterocycles. The lowest BCUT2D eigenvalue weighted by Gasteiger charge is -2.13. The number of nitrogens with zero attached hydrogens (tertiary/aromatic N) is 5. The molecule has 200 valence electrons. The number of carboxylic acids is 1. The predicted octanol–water partition coefficient (Wildman–Crippen LogP) is 3.88. The number of imidazole rings is 1. The number of aliphatic carboxylic acids is 1. The zero-order chi connectivity index (χ0) is 27.9. The van der Waals surface area contributed by atoms with Crippen LogP contribution >= 0.6 is 23.2 Å². The molecule has 0 radical (unpaired) electrons. The molecule has 0 fully saturated rings. The highest BCUT2D eigenvalue weighted by molar-refractivity contribution is 6.32. The summed E-state index contributed by atoms with van der Waals surface area (Å²) in [6, 6.07) is 10.5. The van der Waals surface area contributed by atoms with Crippen molar-refractivity contribution in [2.75, 3.05) is 12.4 Å². The molecular formula is C24H20Cl2N8O5. The number of aromatic nitrogens is 6. The Bertz CT molecular complexity index is 1520. The molecule has 4 rings (SSSR count). The summed E-state index contributed by atoms with van der Waals surface area (Å²) in [5, 5.41) is 26.2. The lowest BCUT2D eigenvalue weighted by Crippen LogP contribution is -2.29. The normalized spacial score (nSPS) is 11.8. The quantitative estimate of drug-likeness (QED) is 0.217. The Balaban J connectivity index is 1.53. The molecule has 0 aliphatic rings. The van der Waals surface area contributed by atoms with Crippen LogP contribution in [0, 0.1) is 0 Å². The number of rotatable bonds is 9. The molecule has 1 atom stereocenters. The first-order valence-corrected chi connectivity index (χ1v) is 11.9. The molecule has 2 aromatic carbocycles. The first-order chi connectivity index (χ1) is 18.7. The highest BCUT2D eigenvalue weighted by Crippen LogP contribution is 2.29. The zero-order valence-electron chi connectivity index (χ0n) is 20.1. The van der Waals surface area contributed by atoms with E-state index in [-0.39, 0.29) is 11.0 Å². The molecule has 2 amide bonds. The standard InChI is InChI=1S/C24H20Cl2N8O5/c1-39-24(38)28-16-6-2-13(3-7-16)21-22(26)31-23(30-21)17(11-20(36)37)29-19(35)9-4-14-10-15(25)5-8-18(14)34-12-27-32-33-34/h2-10,12,17H,11H2,1H3,(H,28,38)(H,29,35)(H,30,31)(H,36,37)/b9-4+/t17-/m0/s1. The van der Waals surface area contributed by atoms with Crippen molar-refractivity contribution in [2.45, 2.75) is 12.5 Å². The Hall–Kier alpha value is -4.75. The fourth-order valence-corrected chi connectivity index (χ4v) is 3.95. The van der Waals surface area contributed by atoms with Gasteiger partial charge in [-0.2, -0.15) is 4.68 Å². The summed E-state index contributed by atoms with van der Waals surface area (Å²) in [4.78, 5) is 43.0. The minimum absolute atomic E-state index is 0.142. The third kappa shape index (κ3) is 6.97. The van der Waals surface area contributed by atoms with Gasteiger partial charge in [-0.05, 0) is 46.8 Å². The lowest BCUT2D eigenvalue weighted by molar-refractivity contribution is -0.137. The van der Waals surface area contributed by atoms with Crippen molar-refractivity contribution >= 4 is 52.9 Å². The average molecular weight is 571 g/mol. The maximum Gasteiger partial charge on any atom is 0.411 e. The van der Waals surface area contributed by atoms with Gasteiger partial charge in [0.15, 0.2) is 0 Å². The molecule has 0 aliphatic heterocycles. The number of H-pyrrole nitrogens is 1. The van der Waals surface area contributed by atoms with E-state index in [1.807, 2.05) is 0 Å². The van der Waals surface area contributed by atoms with Crippen LogP contribution in [0.1, 0.15) is 23.9 Å². The number of benzene rings is 2. The number of carboxylic acid groups (broad SMARTS) is 1. The van der Waals surface area contributed by atoms with Crippen LogP contribution in [0.3, 0.4) is 0 Å². The van der Waals surface area contributed by atoms with Crippen LogP contribution in [-0.2, 0) is 14.3 Å². The first kappa shape index (κ1) is 27.3. The van der Waals surface area contributed by atoms with Crippen LogP contribution in [0.2, 0.25) is 10.2 Å². The highest BCUT2D eigenvalue weighted by atomic mass is 35.5. The molecule has 0 saturated heterocycles. The van der Waals surface area contributed by atoms with Crippen molar-refractivity contribution in [3.05, 3.63) is 76.4 Å². The van der Waals surface area contributed by atoms with Crippen LogP contribution in [0.25, 0.3) is 23.0 Å². The van der Waals surface area contributed by atoms with Crippen LogP contribution in [0.5, 0.6) is 0 Å². The summed E-state index contributed by atoms with van der Waals surface area (Å²) in [6.45, 7) is 0. The minimum atomic E-state index is -1.16. The average Bonchev–Trinajstić information content (AvgIpc) is 3.57. The number of anilines is 1. The Morgan fingerprint density at radius 2 is 1.95 bits per heavy atom. The van der Waals surface area contributed by atoms with Gasteiger partial charge in [-0.25, -0.2) is 9.78 Å². The molecule has 0 unspecified atom stereocenters. The second-order valence-corrected chi connectivity index (χ2v) is 8.74. The van der Waals surface area contributed by atoms with Gasteiger partial charge in [0.2, 0.25) is 5.91 Å². The minimum Gasteiger partial charge on any atom is -0.481 e. The van der Waals surface area contributed by atoms with Gasteiger partial charge in [0.25, 0.3) is 0 Å². The molecule has 39 heavy (non-hydrogen) atoms. The van der Waals surface area contributed by atoms with Crippen LogP contribution in [0.4, 0.5) is 10.5 Å². The number of ether oxygens (including phenoxy) is 1. The third-order valence-corrected chi connectivity index (χ3v) is 5.80. The topological polar surface area (TPSA) is 177 Å². The maximum absolute atomic E-state index is 12.8. The van der Waals surface area contributed by atoms with Crippen molar-refractivity contribution < 1.29 is 24.2 Å². The van der Waals surface area contributed by atoms with Crippen LogP contribution in [0.15, 0.2) is 54.9 Å². The van der Waals surface area contributed by atoms with Gasteiger partial charge < -0.3 is 20.1 Å². The largest absolute Gasteiger partial charge is 0.481 e. The van der Waals surface area contributed by atoms with E-state index in [0.29, 0.717) is 33.2 Å². The summed E-state index contributed by atoms with van der Waals surface area (Å²) in [5.41, 5.74) is 2.54. The Labute approximate surface area is 230 Å². The molecule has 4 aromatic rings. The third-order valence-electron chi connectivity index (χ3n) is 5.29. The van der Waals surface area contributed by atoms with Crippen molar-refractivity contribution in [2.24, 2.45) is 0 Å². The number of nitrogens with one attached hydrogen (secondary N) is 3. The van der Waals surface area contributed by atoms with Gasteiger partial charge in [-0.3, -0.25) is 14.9 Å². The van der Waals surface area contributed by atoms with E-state index in [1.165, 1.54) is 30.3 Å². The Morgan fingerprint density at radius 1 is 1.18 bits per heavy atom. The Morgan fingerprint density at radius 3 is 2.62 bits per heavy atom. The van der Waals surface area contributed by atoms with E-state index in [4.69, 9.17) is 23.2 Å². The van der Waals surface area contributed by atoms with Gasteiger partial charge in [0.05, 0.1) is 25.3 Å². The van der Waals surface area contributed by atoms with Crippen molar-refractivity contribution in [3.8, 4) is 16.9 Å². The highest BCUT2D eigenvalue weighted by Gasteiger charge is 2.23. The number of carbonyl (C=O) groups excluding carboxylic acids is 2. The van der Waals surface area contributed by atoms with Gasteiger partial charge in [-0.1, -0.05) is 35.3 Å². The van der Waals surface area contributed by atoms with Crippen molar-refractivity contribution in [1.82, 2.24) is 35.5 Å². The number of tetrazole rings is 1. The number of halogens is 2. The smallest absolute Gasteiger partial charge is 0.411 e. The summed E-state index contributed by atoms with van der Waals surface area (Å²) in [5.74, 6) is -1.60. The fourth-order valence-electron chi connectivity index (χ4n) is 3.52. The second kappa shape index (κ2) is 12.2. The SMILES string of the molecule is COC(=O)Nc1ccc(-c2nc([C@H](CC(=O)O)NC(=O)/C=C/c3cc(Cl)ccc3-n3cnnn3)[nH]c2Cl)cc1. The number of hydrogen-bond acceptors (Lipinski definition) is 8. The number of hydrogen-bond donors (Lipinski definition) is 4. The molecule has 0 spiro atoms. The van der Waals surface area contributed by atoms with Gasteiger partial charge in [0.1, 0.15) is 23.0 Å². The molecule has 0 saturated carbocycles. The molecule has 0 aliphatic carbocycles. The predicted molar refractivity (Wildman–Crippen MR) is 141 cm³/mol. The molecule has 4 N–H and O–H groups in total. The summed E-state index contributed by atoms with van der Waals surface area (Å²) in [7, 11) is 1.25. The first-order valence-electron chi connectivity index (χ1n) is 11.2. The van der Waals surface area contributed by atoms with Crippen molar-refractivity contribution in [1.29, 1.82) is 0 Å². The summed E-state index contributed by atoms with van der Waals surface area (Å²) >= 11 is 12.5. The van der Waals surface area contributed by atoms with Gasteiger partial charge >= 0.3 is 12.1 Å². The Kier molecular flexibility index (Phi) is 8.53. The van der Waals surface area contributed by atoms with E-state index in [0.717, 1.165) is 0 Å². The zero-order valence-corrected chi connectivity index (χ0v) is 21.6. The molecule has 15 heteroatoms. The van der Waals surface area contributed by atoms with E-state index >= 15 is 0 Å². The van der Waals surface area contributed by atoms with Crippen LogP contribution in [-0.4, -0.2) is 60.4 Å². The molecular weight excluding hydrogens is 551 g/mol. The summed E-state index contributed by atoms with van der Waals surface area (Å²) < 4.78 is 5.97. The van der Waals surface area contributed by atoms with E-state index in [2.05, 4.69) is 40.9 Å². The van der Waals surface area contributed by atoms with Gasteiger partial charge in [0, 0.05) is 27.9 Å². The van der Waals surface area contributed by atoms with Crippen molar-refractivity contribution in [3.63, 3.8) is 0 Å². The lowest BCUT2D eigenvalue weighted by atomic mass is 10.1. The van der Waals surface area contributed by atoms with E-state index in [9.17, 15) is 19.5 Å². The molecule has 2 heterocycles. The number of methoxy groups -OCH3 is 1. The molecule has 0 bridgehead atoms. The number of aromatic amines is 1. The monoisotopic (exact) mass is 570 g/mol. The number of amides is 2. The van der Waals surface area contributed by atoms with Gasteiger partial charge in [-0.15, -0.1) is 5.10 Å². The maximum atomic E-state index is 12.8. The fraction of sp³-hybridized carbons (Fsp3) is 0.125. The molecule has 13 nitrogen and oxygen atoms in total. The van der Waals surface area contributed by atoms with E-state index < -0.39 is 30.4 Å². The van der Waals surface area contributed by atoms with Crippen LogP contribution < -0.4 is 10.6 Å². The number of carbonyl (C=O) groups is 3.